The van der Waals surface area contributed by atoms with Gasteiger partial charge in [0.25, 0.3) is 5.91 Å². The number of ether oxygens (including phenoxy) is 1. The SMILES string of the molecule is Cc1nc(CN2CCOCC2)sc1C(=O)Nc1ccccc1. The van der Waals surface area contributed by atoms with Crippen LogP contribution in [0.4, 0.5) is 5.69 Å². The molecule has 3 rings (SSSR count). The highest BCUT2D eigenvalue weighted by Gasteiger charge is 2.18. The molecule has 0 radical (unpaired) electrons. The maximum absolute atomic E-state index is 12.4. The van der Waals surface area contributed by atoms with Crippen LogP contribution in [-0.2, 0) is 11.3 Å². The highest BCUT2D eigenvalue weighted by atomic mass is 32.1. The summed E-state index contributed by atoms with van der Waals surface area (Å²) in [5, 5.41) is 3.90. The highest BCUT2D eigenvalue weighted by molar-refractivity contribution is 7.13. The normalized spacial score (nSPS) is 15.7. The third kappa shape index (κ3) is 3.71. The lowest BCUT2D eigenvalue weighted by Gasteiger charge is -2.25. The first kappa shape index (κ1) is 15.1. The van der Waals surface area contributed by atoms with E-state index in [1.165, 1.54) is 11.3 Å². The van der Waals surface area contributed by atoms with Gasteiger partial charge >= 0.3 is 0 Å². The molecule has 0 aliphatic carbocycles. The fraction of sp³-hybridized carbons (Fsp3) is 0.375. The largest absolute Gasteiger partial charge is 0.379 e. The summed E-state index contributed by atoms with van der Waals surface area (Å²) in [6, 6.07) is 9.48. The van der Waals surface area contributed by atoms with E-state index in [9.17, 15) is 4.79 Å². The minimum atomic E-state index is -0.0885. The molecule has 5 nitrogen and oxygen atoms in total. The van der Waals surface area contributed by atoms with Crippen molar-refractivity contribution < 1.29 is 9.53 Å². The lowest BCUT2D eigenvalue weighted by molar-refractivity contribution is 0.0341. The molecule has 1 aromatic carbocycles. The number of aryl methyl sites for hydroxylation is 1. The summed E-state index contributed by atoms with van der Waals surface area (Å²) >= 11 is 1.47. The zero-order chi connectivity index (χ0) is 15.4. The van der Waals surface area contributed by atoms with E-state index in [0.717, 1.165) is 49.2 Å². The number of nitrogens with one attached hydrogen (secondary N) is 1. The molecule has 2 aromatic rings. The molecule has 1 fully saturated rings. The number of rotatable bonds is 4. The number of thiazole rings is 1. The van der Waals surface area contributed by atoms with E-state index in [1.807, 2.05) is 37.3 Å². The number of hydrogen-bond donors (Lipinski definition) is 1. The molecular weight excluding hydrogens is 298 g/mol. The second kappa shape index (κ2) is 7.00. The van der Waals surface area contributed by atoms with Gasteiger partial charge in [-0.3, -0.25) is 9.69 Å². The predicted octanol–water partition coefficient (Wildman–Crippen LogP) is 2.54. The number of carbonyl (C=O) groups excluding carboxylic acids is 1. The van der Waals surface area contributed by atoms with Crippen LogP contribution < -0.4 is 5.32 Å². The number of aromatic nitrogens is 1. The molecule has 0 spiro atoms. The number of para-hydroxylation sites is 1. The van der Waals surface area contributed by atoms with Crippen molar-refractivity contribution in [3.8, 4) is 0 Å². The Labute approximate surface area is 133 Å². The summed E-state index contributed by atoms with van der Waals surface area (Å²) in [6.45, 7) is 6.05. The van der Waals surface area contributed by atoms with Crippen LogP contribution in [0.25, 0.3) is 0 Å². The summed E-state index contributed by atoms with van der Waals surface area (Å²) in [4.78, 5) is 19.9. The van der Waals surface area contributed by atoms with Crippen LogP contribution in [0.2, 0.25) is 0 Å². The van der Waals surface area contributed by atoms with Gasteiger partial charge in [-0.1, -0.05) is 18.2 Å². The molecule has 1 N–H and O–H groups in total. The van der Waals surface area contributed by atoms with Crippen molar-refractivity contribution in [2.75, 3.05) is 31.6 Å². The van der Waals surface area contributed by atoms with Crippen molar-refractivity contribution in [1.29, 1.82) is 0 Å². The Morgan fingerprint density at radius 3 is 2.77 bits per heavy atom. The first-order chi connectivity index (χ1) is 10.7. The summed E-state index contributed by atoms with van der Waals surface area (Å²) in [5.41, 5.74) is 1.59. The Kier molecular flexibility index (Phi) is 4.82. The molecular formula is C16H19N3O2S. The number of anilines is 1. The Balaban J connectivity index is 1.67. The molecule has 116 valence electrons. The summed E-state index contributed by atoms with van der Waals surface area (Å²) in [6.07, 6.45) is 0. The molecule has 0 unspecified atom stereocenters. The van der Waals surface area contributed by atoms with E-state index in [1.54, 1.807) is 0 Å². The zero-order valence-corrected chi connectivity index (χ0v) is 13.4. The average Bonchev–Trinajstić information content (AvgIpc) is 2.90. The molecule has 0 atom stereocenters. The molecule has 1 saturated heterocycles. The zero-order valence-electron chi connectivity index (χ0n) is 12.5. The van der Waals surface area contributed by atoms with E-state index < -0.39 is 0 Å². The van der Waals surface area contributed by atoms with Crippen LogP contribution in [0.1, 0.15) is 20.4 Å². The van der Waals surface area contributed by atoms with Gasteiger partial charge < -0.3 is 10.1 Å². The molecule has 1 aliphatic heterocycles. The Hall–Kier alpha value is -1.76. The first-order valence-corrected chi connectivity index (χ1v) is 8.17. The second-order valence-corrected chi connectivity index (χ2v) is 6.31. The smallest absolute Gasteiger partial charge is 0.267 e. The maximum Gasteiger partial charge on any atom is 0.267 e. The standard InChI is InChI=1S/C16H19N3O2S/c1-12-15(16(20)18-13-5-3-2-4-6-13)22-14(17-12)11-19-7-9-21-10-8-19/h2-6H,7-11H2,1H3,(H,18,20). The second-order valence-electron chi connectivity index (χ2n) is 5.23. The van der Waals surface area contributed by atoms with Crippen molar-refractivity contribution in [2.24, 2.45) is 0 Å². The van der Waals surface area contributed by atoms with Gasteiger partial charge in [-0.25, -0.2) is 4.98 Å². The van der Waals surface area contributed by atoms with Crippen molar-refractivity contribution in [3.63, 3.8) is 0 Å². The van der Waals surface area contributed by atoms with E-state index in [4.69, 9.17) is 4.74 Å². The van der Waals surface area contributed by atoms with Gasteiger partial charge in [0, 0.05) is 18.8 Å². The Morgan fingerprint density at radius 1 is 1.32 bits per heavy atom. The predicted molar refractivity (Wildman–Crippen MR) is 87.3 cm³/mol. The van der Waals surface area contributed by atoms with E-state index in [0.29, 0.717) is 4.88 Å². The lowest BCUT2D eigenvalue weighted by Crippen LogP contribution is -2.35. The van der Waals surface area contributed by atoms with Crippen molar-refractivity contribution in [3.05, 3.63) is 45.9 Å². The monoisotopic (exact) mass is 317 g/mol. The molecule has 1 aliphatic rings. The molecule has 0 saturated carbocycles. The highest BCUT2D eigenvalue weighted by Crippen LogP contribution is 2.21. The van der Waals surface area contributed by atoms with E-state index >= 15 is 0 Å². The molecule has 1 amide bonds. The number of carbonyl (C=O) groups is 1. The minimum absolute atomic E-state index is 0.0885. The van der Waals surface area contributed by atoms with Gasteiger partial charge in [0.15, 0.2) is 0 Å². The van der Waals surface area contributed by atoms with Crippen molar-refractivity contribution >= 4 is 22.9 Å². The van der Waals surface area contributed by atoms with Gasteiger partial charge in [-0.2, -0.15) is 0 Å². The number of nitrogens with zero attached hydrogens (tertiary/aromatic N) is 2. The lowest BCUT2D eigenvalue weighted by atomic mass is 10.3. The Bertz CT molecular complexity index is 636. The maximum atomic E-state index is 12.4. The number of amides is 1. The van der Waals surface area contributed by atoms with E-state index in [-0.39, 0.29) is 5.91 Å². The molecule has 1 aromatic heterocycles. The summed E-state index contributed by atoms with van der Waals surface area (Å²) in [7, 11) is 0. The van der Waals surface area contributed by atoms with Crippen LogP contribution >= 0.6 is 11.3 Å². The third-order valence-corrected chi connectivity index (χ3v) is 4.68. The van der Waals surface area contributed by atoms with Crippen molar-refractivity contribution in [1.82, 2.24) is 9.88 Å². The van der Waals surface area contributed by atoms with Gasteiger partial charge in [-0.15, -0.1) is 11.3 Å². The van der Waals surface area contributed by atoms with Crippen LogP contribution in [0.3, 0.4) is 0 Å². The fourth-order valence-corrected chi connectivity index (χ4v) is 3.39. The quantitative estimate of drug-likeness (QED) is 0.941. The summed E-state index contributed by atoms with van der Waals surface area (Å²) in [5.74, 6) is -0.0885. The Morgan fingerprint density at radius 2 is 2.05 bits per heavy atom. The van der Waals surface area contributed by atoms with Gasteiger partial charge in [0.1, 0.15) is 9.88 Å². The van der Waals surface area contributed by atoms with Crippen LogP contribution in [-0.4, -0.2) is 42.1 Å². The molecule has 0 bridgehead atoms. The van der Waals surface area contributed by atoms with Gasteiger partial charge in [0.05, 0.1) is 25.5 Å². The molecule has 22 heavy (non-hydrogen) atoms. The summed E-state index contributed by atoms with van der Waals surface area (Å²) < 4.78 is 5.35. The van der Waals surface area contributed by atoms with Crippen LogP contribution in [0.15, 0.2) is 30.3 Å². The average molecular weight is 317 g/mol. The third-order valence-electron chi connectivity index (χ3n) is 3.54. The van der Waals surface area contributed by atoms with Crippen molar-refractivity contribution in [2.45, 2.75) is 13.5 Å². The topological polar surface area (TPSA) is 54.5 Å². The first-order valence-electron chi connectivity index (χ1n) is 7.35. The number of benzene rings is 1. The fourth-order valence-electron chi connectivity index (χ4n) is 2.39. The molecule has 2 heterocycles. The number of morpholine rings is 1. The van der Waals surface area contributed by atoms with E-state index in [2.05, 4.69) is 15.2 Å². The van der Waals surface area contributed by atoms with Crippen LogP contribution in [0.5, 0.6) is 0 Å². The molecule has 6 heteroatoms. The number of hydrogen-bond acceptors (Lipinski definition) is 5. The van der Waals surface area contributed by atoms with Gasteiger partial charge in [0.2, 0.25) is 0 Å². The van der Waals surface area contributed by atoms with Crippen LogP contribution in [0, 0.1) is 6.92 Å². The minimum Gasteiger partial charge on any atom is -0.379 e. The van der Waals surface area contributed by atoms with Gasteiger partial charge in [-0.05, 0) is 19.1 Å².